The molecule has 0 saturated carbocycles. The number of carboxylic acids is 1. The van der Waals surface area contributed by atoms with Crippen molar-refractivity contribution in [3.05, 3.63) is 17.5 Å². The van der Waals surface area contributed by atoms with Crippen molar-refractivity contribution in [2.75, 3.05) is 5.32 Å². The monoisotopic (exact) mass is 291 g/mol. The lowest BCUT2D eigenvalue weighted by Crippen LogP contribution is -2.32. The van der Waals surface area contributed by atoms with Crippen molar-refractivity contribution in [2.45, 2.75) is 39.4 Å². The van der Waals surface area contributed by atoms with Gasteiger partial charge in [-0.25, -0.2) is 14.8 Å². The average Bonchev–Trinajstić information content (AvgIpc) is 2.25. The number of rotatable bonds is 5. The lowest BCUT2D eigenvalue weighted by molar-refractivity contribution is -0.141. The molecule has 5 nitrogen and oxygen atoms in total. The first-order valence-corrected chi connectivity index (χ1v) is 6.02. The van der Waals surface area contributed by atoms with Gasteiger partial charge in [0.25, 0.3) is 0 Å². The minimum Gasteiger partial charge on any atom is -0.480 e. The molecule has 1 atom stereocenters. The maximum absolute atomic E-state index is 12.6. The molecule has 1 aromatic heterocycles. The van der Waals surface area contributed by atoms with Crippen molar-refractivity contribution in [3.8, 4) is 0 Å². The molecule has 0 aliphatic carbocycles. The summed E-state index contributed by atoms with van der Waals surface area (Å²) < 4.78 is 37.9. The Balaban J connectivity index is 3.01. The molecule has 0 saturated heterocycles. The minimum absolute atomic E-state index is 0.0653. The summed E-state index contributed by atoms with van der Waals surface area (Å²) in [6.45, 7) is 5.02. The molecular formula is C12H16F3N3O2. The molecule has 0 aliphatic rings. The molecule has 0 bridgehead atoms. The van der Waals surface area contributed by atoms with Crippen molar-refractivity contribution in [1.82, 2.24) is 9.97 Å². The third-order valence-corrected chi connectivity index (χ3v) is 2.45. The zero-order valence-electron chi connectivity index (χ0n) is 11.3. The van der Waals surface area contributed by atoms with Crippen LogP contribution in [0.2, 0.25) is 0 Å². The molecular weight excluding hydrogens is 275 g/mol. The highest BCUT2D eigenvalue weighted by molar-refractivity contribution is 5.76. The van der Waals surface area contributed by atoms with Crippen LogP contribution in [0, 0.1) is 12.8 Å². The van der Waals surface area contributed by atoms with Crippen LogP contribution in [-0.4, -0.2) is 27.1 Å². The number of aliphatic carboxylic acids is 1. The summed E-state index contributed by atoms with van der Waals surface area (Å²) in [5, 5.41) is 11.5. The van der Waals surface area contributed by atoms with Gasteiger partial charge >= 0.3 is 12.1 Å². The Morgan fingerprint density at radius 1 is 1.40 bits per heavy atom. The van der Waals surface area contributed by atoms with Gasteiger partial charge in [0.15, 0.2) is 0 Å². The highest BCUT2D eigenvalue weighted by atomic mass is 19.4. The van der Waals surface area contributed by atoms with E-state index in [4.69, 9.17) is 5.11 Å². The largest absolute Gasteiger partial charge is 0.480 e. The van der Waals surface area contributed by atoms with Gasteiger partial charge < -0.3 is 10.4 Å². The third-order valence-electron chi connectivity index (χ3n) is 2.45. The fourth-order valence-electron chi connectivity index (χ4n) is 1.63. The molecule has 0 radical (unpaired) electrons. The van der Waals surface area contributed by atoms with E-state index in [-0.39, 0.29) is 24.0 Å². The normalized spacial score (nSPS) is 13.3. The second-order valence-electron chi connectivity index (χ2n) is 4.88. The number of hydrogen-bond acceptors (Lipinski definition) is 4. The summed E-state index contributed by atoms with van der Waals surface area (Å²) in [5.74, 6) is -1.42. The third kappa shape index (κ3) is 4.67. The van der Waals surface area contributed by atoms with Crippen molar-refractivity contribution in [2.24, 2.45) is 5.92 Å². The van der Waals surface area contributed by atoms with E-state index in [0.29, 0.717) is 0 Å². The maximum Gasteiger partial charge on any atom is 0.433 e. The fourth-order valence-corrected chi connectivity index (χ4v) is 1.63. The lowest BCUT2D eigenvalue weighted by Gasteiger charge is -2.17. The topological polar surface area (TPSA) is 75.1 Å². The zero-order valence-corrected chi connectivity index (χ0v) is 11.3. The summed E-state index contributed by atoms with van der Waals surface area (Å²) in [6.07, 6.45) is -4.34. The van der Waals surface area contributed by atoms with E-state index in [1.54, 1.807) is 0 Å². The van der Waals surface area contributed by atoms with E-state index in [9.17, 15) is 18.0 Å². The number of hydrogen-bond donors (Lipinski definition) is 2. The summed E-state index contributed by atoms with van der Waals surface area (Å²) in [6, 6.07) is -0.221. The van der Waals surface area contributed by atoms with Crippen LogP contribution in [0.4, 0.5) is 19.1 Å². The molecule has 0 unspecified atom stereocenters. The van der Waals surface area contributed by atoms with Gasteiger partial charge in [-0.2, -0.15) is 13.2 Å². The predicted molar refractivity (Wildman–Crippen MR) is 66.3 cm³/mol. The Kier molecular flexibility index (Phi) is 4.91. The van der Waals surface area contributed by atoms with Crippen molar-refractivity contribution in [3.63, 3.8) is 0 Å². The van der Waals surface area contributed by atoms with E-state index < -0.39 is 23.9 Å². The van der Waals surface area contributed by atoms with Crippen LogP contribution in [0.1, 0.15) is 31.7 Å². The molecule has 1 heterocycles. The summed E-state index contributed by atoms with van der Waals surface area (Å²) in [4.78, 5) is 18.2. The van der Waals surface area contributed by atoms with Gasteiger partial charge in [-0.15, -0.1) is 0 Å². The van der Waals surface area contributed by atoms with Gasteiger partial charge in [0, 0.05) is 5.69 Å². The van der Waals surface area contributed by atoms with Crippen LogP contribution in [0.3, 0.4) is 0 Å². The number of aryl methyl sites for hydroxylation is 1. The number of anilines is 1. The van der Waals surface area contributed by atoms with Crippen molar-refractivity contribution in [1.29, 1.82) is 0 Å². The summed E-state index contributed by atoms with van der Waals surface area (Å²) in [5.41, 5.74) is -0.982. The van der Waals surface area contributed by atoms with Gasteiger partial charge in [0.2, 0.25) is 5.95 Å². The smallest absolute Gasteiger partial charge is 0.433 e. The van der Waals surface area contributed by atoms with E-state index in [0.717, 1.165) is 6.07 Å². The molecule has 0 spiro atoms. The first kappa shape index (κ1) is 16.2. The van der Waals surface area contributed by atoms with Gasteiger partial charge in [0.1, 0.15) is 11.7 Å². The van der Waals surface area contributed by atoms with Crippen molar-refractivity contribution >= 4 is 11.9 Å². The summed E-state index contributed by atoms with van der Waals surface area (Å²) >= 11 is 0. The fraction of sp³-hybridized carbons (Fsp3) is 0.583. The molecule has 0 aliphatic heterocycles. The second kappa shape index (κ2) is 6.06. The van der Waals surface area contributed by atoms with Crippen LogP contribution in [0.25, 0.3) is 0 Å². The van der Waals surface area contributed by atoms with Gasteiger partial charge in [-0.05, 0) is 25.3 Å². The van der Waals surface area contributed by atoms with Crippen LogP contribution in [-0.2, 0) is 11.0 Å². The Morgan fingerprint density at radius 3 is 2.45 bits per heavy atom. The van der Waals surface area contributed by atoms with Crippen LogP contribution in [0.15, 0.2) is 6.07 Å². The van der Waals surface area contributed by atoms with E-state index >= 15 is 0 Å². The number of aromatic nitrogens is 2. The Bertz CT molecular complexity index is 489. The number of alkyl halides is 3. The minimum atomic E-state index is -4.60. The molecule has 20 heavy (non-hydrogen) atoms. The lowest BCUT2D eigenvalue weighted by atomic mass is 10.0. The molecule has 1 rings (SSSR count). The predicted octanol–water partition coefficient (Wildman–Crippen LogP) is 2.72. The van der Waals surface area contributed by atoms with Crippen LogP contribution >= 0.6 is 0 Å². The average molecular weight is 291 g/mol. The highest BCUT2D eigenvalue weighted by Crippen LogP contribution is 2.28. The van der Waals surface area contributed by atoms with E-state index in [1.807, 2.05) is 13.8 Å². The second-order valence-corrected chi connectivity index (χ2v) is 4.88. The number of halogens is 3. The molecule has 0 fully saturated rings. The molecule has 0 aromatic carbocycles. The van der Waals surface area contributed by atoms with Gasteiger partial charge in [-0.3, -0.25) is 0 Å². The maximum atomic E-state index is 12.6. The Morgan fingerprint density at radius 2 is 2.00 bits per heavy atom. The number of carbonyl (C=O) groups is 1. The molecule has 0 amide bonds. The Hall–Kier alpha value is -1.86. The first-order chi connectivity index (χ1) is 9.09. The SMILES string of the molecule is Cc1cc(C(F)(F)F)nc(N[C@@H](CC(C)C)C(=O)O)n1. The van der Waals surface area contributed by atoms with Crippen LogP contribution < -0.4 is 5.32 Å². The zero-order chi connectivity index (χ0) is 15.5. The molecule has 2 N–H and O–H groups in total. The van der Waals surface area contributed by atoms with Gasteiger partial charge in [-0.1, -0.05) is 13.8 Å². The van der Waals surface area contributed by atoms with Crippen LogP contribution in [0.5, 0.6) is 0 Å². The summed E-state index contributed by atoms with van der Waals surface area (Å²) in [7, 11) is 0. The Labute approximate surface area is 114 Å². The number of nitrogens with zero attached hydrogens (tertiary/aromatic N) is 2. The highest BCUT2D eigenvalue weighted by Gasteiger charge is 2.33. The molecule has 8 heteroatoms. The molecule has 112 valence electrons. The van der Waals surface area contributed by atoms with E-state index in [1.165, 1.54) is 6.92 Å². The standard InChI is InChI=1S/C12H16F3N3O2/c1-6(2)4-8(10(19)20)17-11-16-7(3)5-9(18-11)12(13,14)15/h5-6,8H,4H2,1-3H3,(H,19,20)(H,16,17,18)/t8-/m0/s1. The molecule has 1 aromatic rings. The number of nitrogens with one attached hydrogen (secondary N) is 1. The van der Waals surface area contributed by atoms with Gasteiger partial charge in [0.05, 0.1) is 0 Å². The van der Waals surface area contributed by atoms with Crippen molar-refractivity contribution < 1.29 is 23.1 Å². The number of carboxylic acid groups (broad SMARTS) is 1. The quantitative estimate of drug-likeness (QED) is 0.872. The first-order valence-electron chi connectivity index (χ1n) is 6.02. The van der Waals surface area contributed by atoms with E-state index in [2.05, 4.69) is 15.3 Å².